The lowest BCUT2D eigenvalue weighted by atomic mass is 9.96. The highest BCUT2D eigenvalue weighted by atomic mass is 32.2. The minimum Gasteiger partial charge on any atom is -0.337 e. The molecule has 1 aromatic carbocycles. The van der Waals surface area contributed by atoms with Crippen LogP contribution < -0.4 is 10.0 Å². The molecule has 1 aliphatic carbocycles. The molecule has 3 rings (SSSR count). The number of aryl methyl sites for hydroxylation is 2. The lowest BCUT2D eigenvalue weighted by molar-refractivity contribution is -0.114. The van der Waals surface area contributed by atoms with E-state index in [2.05, 4.69) is 15.2 Å². The number of rotatable bonds is 5. The number of nitrogens with zero attached hydrogens (tertiary/aromatic N) is 1. The van der Waals surface area contributed by atoms with Crippen molar-refractivity contribution in [1.82, 2.24) is 9.88 Å². The summed E-state index contributed by atoms with van der Waals surface area (Å²) in [5.74, 6) is -0.0706. The Labute approximate surface area is 159 Å². The zero-order valence-corrected chi connectivity index (χ0v) is 16.6. The van der Waals surface area contributed by atoms with Crippen LogP contribution in [0.3, 0.4) is 0 Å². The molecule has 7 nitrogen and oxygen atoms in total. The Morgan fingerprint density at radius 2 is 1.89 bits per heavy atom. The molecule has 0 spiro atoms. The predicted octanol–water partition coefficient (Wildman–Crippen LogP) is 3.53. The van der Waals surface area contributed by atoms with Gasteiger partial charge >= 0.3 is 0 Å². The summed E-state index contributed by atoms with van der Waals surface area (Å²) in [4.78, 5) is 11.6. The second kappa shape index (κ2) is 7.82. The number of aromatic nitrogens is 1. The van der Waals surface area contributed by atoms with E-state index in [0.717, 1.165) is 32.1 Å². The van der Waals surface area contributed by atoms with E-state index in [-0.39, 0.29) is 22.7 Å². The molecular formula is C19H25N3O4S. The first kappa shape index (κ1) is 19.6. The first-order valence-electron chi connectivity index (χ1n) is 9.15. The molecule has 0 unspecified atom stereocenters. The van der Waals surface area contributed by atoms with Crippen molar-refractivity contribution in [3.05, 3.63) is 29.5 Å². The second-order valence-electron chi connectivity index (χ2n) is 7.09. The van der Waals surface area contributed by atoms with Crippen LogP contribution in [0.1, 0.15) is 50.3 Å². The van der Waals surface area contributed by atoms with Crippen LogP contribution in [0.4, 0.5) is 5.88 Å². The average molecular weight is 391 g/mol. The van der Waals surface area contributed by atoms with Crippen molar-refractivity contribution in [1.29, 1.82) is 0 Å². The van der Waals surface area contributed by atoms with E-state index in [4.69, 9.17) is 4.52 Å². The molecule has 146 valence electrons. The summed E-state index contributed by atoms with van der Waals surface area (Å²) in [6.07, 6.45) is 4.99. The normalized spacial score (nSPS) is 15.7. The fraction of sp³-hybridized carbons (Fsp3) is 0.474. The molecule has 27 heavy (non-hydrogen) atoms. The van der Waals surface area contributed by atoms with E-state index < -0.39 is 10.0 Å². The van der Waals surface area contributed by atoms with Crippen molar-refractivity contribution in [2.24, 2.45) is 0 Å². The van der Waals surface area contributed by atoms with Gasteiger partial charge in [0, 0.05) is 13.0 Å². The van der Waals surface area contributed by atoms with E-state index in [1.54, 1.807) is 32.0 Å². The maximum atomic E-state index is 13.0. The van der Waals surface area contributed by atoms with Crippen LogP contribution in [-0.4, -0.2) is 25.5 Å². The van der Waals surface area contributed by atoms with Gasteiger partial charge in [0.15, 0.2) is 0 Å². The smallest absolute Gasteiger partial charge is 0.241 e. The second-order valence-corrected chi connectivity index (χ2v) is 8.77. The van der Waals surface area contributed by atoms with Crippen molar-refractivity contribution in [2.75, 3.05) is 5.32 Å². The van der Waals surface area contributed by atoms with Crippen LogP contribution >= 0.6 is 0 Å². The highest BCUT2D eigenvalue weighted by Gasteiger charge is 2.25. The van der Waals surface area contributed by atoms with Crippen molar-refractivity contribution in [3.8, 4) is 11.1 Å². The third kappa shape index (κ3) is 4.39. The molecular weight excluding hydrogens is 366 g/mol. The molecule has 8 heteroatoms. The third-order valence-corrected chi connectivity index (χ3v) is 6.51. The number of benzene rings is 1. The lowest BCUT2D eigenvalue weighted by Crippen LogP contribution is -2.36. The highest BCUT2D eigenvalue weighted by Crippen LogP contribution is 2.34. The minimum absolute atomic E-state index is 0.0147. The predicted molar refractivity (Wildman–Crippen MR) is 103 cm³/mol. The standard InChI is InChI=1S/C19H25N3O4S/c1-12-9-10-15(18-13(2)21-26-19(18)20-14(3)23)11-17(12)27(24,25)22-16-7-5-4-6-8-16/h9-11,16,22H,4-8H2,1-3H3,(H,20,23). The summed E-state index contributed by atoms with van der Waals surface area (Å²) in [6.45, 7) is 4.90. The van der Waals surface area contributed by atoms with Gasteiger partial charge in [0.05, 0.1) is 16.2 Å². The summed E-state index contributed by atoms with van der Waals surface area (Å²) in [5.41, 5.74) is 2.45. The first-order valence-corrected chi connectivity index (χ1v) is 10.6. The van der Waals surface area contributed by atoms with E-state index in [0.29, 0.717) is 22.4 Å². The van der Waals surface area contributed by atoms with Crippen molar-refractivity contribution < 1.29 is 17.7 Å². The van der Waals surface area contributed by atoms with Gasteiger partial charge in [-0.3, -0.25) is 10.1 Å². The number of carbonyl (C=O) groups is 1. The fourth-order valence-corrected chi connectivity index (χ4v) is 5.08. The monoisotopic (exact) mass is 391 g/mol. The van der Waals surface area contributed by atoms with Gasteiger partial charge in [0.2, 0.25) is 21.8 Å². The Balaban J connectivity index is 1.97. The quantitative estimate of drug-likeness (QED) is 0.812. The van der Waals surface area contributed by atoms with Crippen LogP contribution in [0.15, 0.2) is 27.6 Å². The SMILES string of the molecule is CC(=O)Nc1onc(C)c1-c1ccc(C)c(S(=O)(=O)NC2CCCCC2)c1. The number of hydrogen-bond acceptors (Lipinski definition) is 5. The Bertz CT molecular complexity index is 944. The molecule has 0 atom stereocenters. The van der Waals surface area contributed by atoms with Gasteiger partial charge in [0.25, 0.3) is 0 Å². The van der Waals surface area contributed by atoms with Crippen molar-refractivity contribution in [2.45, 2.75) is 63.8 Å². The van der Waals surface area contributed by atoms with Gasteiger partial charge in [-0.05, 0) is 43.9 Å². The topological polar surface area (TPSA) is 101 Å². The van der Waals surface area contributed by atoms with Gasteiger partial charge in [-0.1, -0.05) is 36.6 Å². The van der Waals surface area contributed by atoms with Gasteiger partial charge in [-0.2, -0.15) is 0 Å². The molecule has 0 saturated heterocycles. The average Bonchev–Trinajstić information content (AvgIpc) is 2.95. The van der Waals surface area contributed by atoms with Crippen molar-refractivity contribution >= 4 is 21.8 Å². The van der Waals surface area contributed by atoms with E-state index in [1.165, 1.54) is 6.92 Å². The van der Waals surface area contributed by atoms with Crippen LogP contribution in [0, 0.1) is 13.8 Å². The Morgan fingerprint density at radius 3 is 2.56 bits per heavy atom. The van der Waals surface area contributed by atoms with Gasteiger partial charge in [-0.25, -0.2) is 13.1 Å². The minimum atomic E-state index is -3.64. The van der Waals surface area contributed by atoms with E-state index in [9.17, 15) is 13.2 Å². The summed E-state index contributed by atoms with van der Waals surface area (Å²) in [7, 11) is -3.64. The number of amides is 1. The van der Waals surface area contributed by atoms with Gasteiger partial charge in [0.1, 0.15) is 0 Å². The molecule has 1 aliphatic rings. The lowest BCUT2D eigenvalue weighted by Gasteiger charge is -2.23. The fourth-order valence-electron chi connectivity index (χ4n) is 3.50. The van der Waals surface area contributed by atoms with Gasteiger partial charge in [-0.15, -0.1) is 0 Å². The number of hydrogen-bond donors (Lipinski definition) is 2. The molecule has 2 aromatic rings. The highest BCUT2D eigenvalue weighted by molar-refractivity contribution is 7.89. The Morgan fingerprint density at radius 1 is 1.19 bits per heavy atom. The third-order valence-electron chi connectivity index (χ3n) is 4.85. The Kier molecular flexibility index (Phi) is 5.67. The zero-order valence-electron chi connectivity index (χ0n) is 15.8. The van der Waals surface area contributed by atoms with Gasteiger partial charge < -0.3 is 4.52 Å². The number of anilines is 1. The number of nitrogens with one attached hydrogen (secondary N) is 2. The van der Waals surface area contributed by atoms with E-state index >= 15 is 0 Å². The molecule has 1 amide bonds. The first-order chi connectivity index (χ1) is 12.8. The maximum absolute atomic E-state index is 13.0. The van der Waals surface area contributed by atoms with Crippen LogP contribution in [-0.2, 0) is 14.8 Å². The van der Waals surface area contributed by atoms with Crippen molar-refractivity contribution in [3.63, 3.8) is 0 Å². The molecule has 1 saturated carbocycles. The maximum Gasteiger partial charge on any atom is 0.241 e. The summed E-state index contributed by atoms with van der Waals surface area (Å²) in [6, 6.07) is 5.17. The molecule has 0 radical (unpaired) electrons. The largest absolute Gasteiger partial charge is 0.337 e. The van der Waals surface area contributed by atoms with Crippen LogP contribution in [0.25, 0.3) is 11.1 Å². The Hall–Kier alpha value is -2.19. The summed E-state index contributed by atoms with van der Waals surface area (Å²) >= 11 is 0. The molecule has 2 N–H and O–H groups in total. The molecule has 1 aromatic heterocycles. The molecule has 1 fully saturated rings. The number of carbonyl (C=O) groups excluding carboxylic acids is 1. The summed E-state index contributed by atoms with van der Waals surface area (Å²) < 4.78 is 34.0. The summed E-state index contributed by atoms with van der Waals surface area (Å²) in [5, 5.41) is 6.50. The van der Waals surface area contributed by atoms with E-state index in [1.807, 2.05) is 0 Å². The number of sulfonamides is 1. The van der Waals surface area contributed by atoms with Crippen LogP contribution in [0.2, 0.25) is 0 Å². The molecule has 0 aliphatic heterocycles. The molecule has 1 heterocycles. The molecule has 0 bridgehead atoms. The van der Waals surface area contributed by atoms with Crippen LogP contribution in [0.5, 0.6) is 0 Å². The zero-order chi connectivity index (χ0) is 19.6.